The van der Waals surface area contributed by atoms with Crippen molar-refractivity contribution < 1.29 is 0 Å². The van der Waals surface area contributed by atoms with Gasteiger partial charge in [-0.3, -0.25) is 0 Å². The number of nitrogens with zero attached hydrogens (tertiary/aromatic N) is 2. The average Bonchev–Trinajstić information content (AvgIpc) is 2.79. The largest absolute Gasteiger partial charge is 0.322 e. The van der Waals surface area contributed by atoms with Gasteiger partial charge in [-0.05, 0) is 37.6 Å². The fourth-order valence-electron chi connectivity index (χ4n) is 2.47. The molecule has 1 aromatic heterocycles. The summed E-state index contributed by atoms with van der Waals surface area (Å²) in [5.41, 5.74) is 4.60. The van der Waals surface area contributed by atoms with Crippen molar-refractivity contribution in [3.05, 3.63) is 63.9 Å². The molecule has 3 aromatic rings. The molecule has 0 bridgehead atoms. The monoisotopic (exact) mass is 362 g/mol. The predicted molar refractivity (Wildman–Crippen MR) is 92.0 cm³/mol. The number of aryl methyl sites for hydroxylation is 1. The summed E-state index contributed by atoms with van der Waals surface area (Å²) in [7, 11) is 0. The Kier molecular flexibility index (Phi) is 4.05. The van der Waals surface area contributed by atoms with Crippen LogP contribution in [-0.2, 0) is 6.54 Å². The highest BCUT2D eigenvalue weighted by Gasteiger charge is 2.15. The maximum atomic E-state index is 6.32. The van der Waals surface area contributed by atoms with Gasteiger partial charge in [-0.25, -0.2) is 4.98 Å². The highest BCUT2D eigenvalue weighted by molar-refractivity contribution is 9.10. The van der Waals surface area contributed by atoms with Gasteiger partial charge in [0.25, 0.3) is 0 Å². The molecule has 0 fully saturated rings. The molecule has 0 aliphatic carbocycles. The van der Waals surface area contributed by atoms with Crippen LogP contribution in [0.25, 0.3) is 11.0 Å². The summed E-state index contributed by atoms with van der Waals surface area (Å²) < 4.78 is 3.23. The standard InChI is InChI=1S/C17H16BrClN2/c1-11-3-5-13(6-4-11)10-21-16-8-7-14(18)9-15(16)20-17(21)12(2)19/h3-9,12H,10H2,1-2H3. The zero-order valence-electron chi connectivity index (χ0n) is 12.0. The van der Waals surface area contributed by atoms with E-state index in [9.17, 15) is 0 Å². The molecule has 0 saturated heterocycles. The summed E-state index contributed by atoms with van der Waals surface area (Å²) in [6.45, 7) is 4.84. The van der Waals surface area contributed by atoms with Gasteiger partial charge >= 0.3 is 0 Å². The van der Waals surface area contributed by atoms with Crippen molar-refractivity contribution in [3.63, 3.8) is 0 Å². The Balaban J connectivity index is 2.10. The topological polar surface area (TPSA) is 17.8 Å². The second kappa shape index (κ2) is 5.82. The molecular formula is C17H16BrClN2. The lowest BCUT2D eigenvalue weighted by molar-refractivity contribution is 0.742. The summed E-state index contributed by atoms with van der Waals surface area (Å²) in [6.07, 6.45) is 0. The van der Waals surface area contributed by atoms with Gasteiger partial charge in [0.15, 0.2) is 0 Å². The second-order valence-corrected chi connectivity index (χ2v) is 6.86. The highest BCUT2D eigenvalue weighted by Crippen LogP contribution is 2.27. The third kappa shape index (κ3) is 2.99. The predicted octanol–water partition coefficient (Wildman–Crippen LogP) is 5.46. The molecule has 21 heavy (non-hydrogen) atoms. The van der Waals surface area contributed by atoms with Gasteiger partial charge in [-0.1, -0.05) is 45.8 Å². The van der Waals surface area contributed by atoms with Gasteiger partial charge in [-0.2, -0.15) is 0 Å². The Morgan fingerprint density at radius 1 is 1.19 bits per heavy atom. The molecule has 4 heteroatoms. The average molecular weight is 364 g/mol. The Morgan fingerprint density at radius 3 is 2.57 bits per heavy atom. The minimum Gasteiger partial charge on any atom is -0.322 e. The second-order valence-electron chi connectivity index (χ2n) is 5.29. The Labute approximate surface area is 137 Å². The summed E-state index contributed by atoms with van der Waals surface area (Å²) >= 11 is 9.81. The molecule has 0 aliphatic rings. The molecule has 108 valence electrons. The maximum Gasteiger partial charge on any atom is 0.128 e. The zero-order valence-corrected chi connectivity index (χ0v) is 14.3. The Morgan fingerprint density at radius 2 is 1.90 bits per heavy atom. The number of halogens is 2. The fourth-order valence-corrected chi connectivity index (χ4v) is 2.98. The fraction of sp³-hybridized carbons (Fsp3) is 0.235. The number of hydrogen-bond acceptors (Lipinski definition) is 1. The SMILES string of the molecule is Cc1ccc(Cn2c(C(C)Cl)nc3cc(Br)ccc32)cc1. The smallest absolute Gasteiger partial charge is 0.128 e. The number of fused-ring (bicyclic) bond motifs is 1. The van der Waals surface area contributed by atoms with E-state index >= 15 is 0 Å². The lowest BCUT2D eigenvalue weighted by Gasteiger charge is -2.11. The van der Waals surface area contributed by atoms with Crippen molar-refractivity contribution in [1.29, 1.82) is 0 Å². The number of imidazole rings is 1. The van der Waals surface area contributed by atoms with E-state index in [4.69, 9.17) is 11.6 Å². The van der Waals surface area contributed by atoms with Gasteiger partial charge in [-0.15, -0.1) is 11.6 Å². The molecule has 0 spiro atoms. The quantitative estimate of drug-likeness (QED) is 0.565. The number of hydrogen-bond donors (Lipinski definition) is 0. The maximum absolute atomic E-state index is 6.32. The van der Waals surface area contributed by atoms with Crippen molar-refractivity contribution in [3.8, 4) is 0 Å². The van der Waals surface area contributed by atoms with E-state index in [0.29, 0.717) is 0 Å². The summed E-state index contributed by atoms with van der Waals surface area (Å²) in [5.74, 6) is 0.908. The van der Waals surface area contributed by atoms with Crippen LogP contribution in [-0.4, -0.2) is 9.55 Å². The minimum atomic E-state index is -0.123. The first kappa shape index (κ1) is 14.6. The molecule has 2 aromatic carbocycles. The first-order valence-corrected chi connectivity index (χ1v) is 8.13. The van der Waals surface area contributed by atoms with E-state index in [0.717, 1.165) is 27.9 Å². The molecule has 0 saturated carbocycles. The van der Waals surface area contributed by atoms with Crippen molar-refractivity contribution in [2.75, 3.05) is 0 Å². The van der Waals surface area contributed by atoms with E-state index in [2.05, 4.69) is 62.7 Å². The summed E-state index contributed by atoms with van der Waals surface area (Å²) in [6, 6.07) is 14.7. The van der Waals surface area contributed by atoms with Gasteiger partial charge in [0.1, 0.15) is 5.82 Å². The van der Waals surface area contributed by atoms with Crippen LogP contribution in [0.2, 0.25) is 0 Å². The Hall–Kier alpha value is -1.32. The van der Waals surface area contributed by atoms with Crippen LogP contribution < -0.4 is 0 Å². The van der Waals surface area contributed by atoms with Gasteiger partial charge < -0.3 is 4.57 Å². The van der Waals surface area contributed by atoms with Gasteiger partial charge in [0.2, 0.25) is 0 Å². The van der Waals surface area contributed by atoms with Crippen LogP contribution in [0.1, 0.15) is 29.3 Å². The molecule has 1 atom stereocenters. The lowest BCUT2D eigenvalue weighted by Crippen LogP contribution is -2.05. The van der Waals surface area contributed by atoms with Crippen molar-refractivity contribution in [2.24, 2.45) is 0 Å². The number of alkyl halides is 1. The van der Waals surface area contributed by atoms with Crippen LogP contribution >= 0.6 is 27.5 Å². The molecule has 2 nitrogen and oxygen atoms in total. The lowest BCUT2D eigenvalue weighted by atomic mass is 10.1. The Bertz CT molecular complexity index is 775. The molecule has 0 N–H and O–H groups in total. The molecule has 1 heterocycles. The van der Waals surface area contributed by atoms with Crippen molar-refractivity contribution in [2.45, 2.75) is 25.8 Å². The van der Waals surface area contributed by atoms with Crippen molar-refractivity contribution in [1.82, 2.24) is 9.55 Å². The number of aromatic nitrogens is 2. The van der Waals surface area contributed by atoms with Crippen LogP contribution in [0.15, 0.2) is 46.9 Å². The molecule has 0 aliphatic heterocycles. The van der Waals surface area contributed by atoms with Crippen LogP contribution in [0.4, 0.5) is 0 Å². The third-order valence-corrected chi connectivity index (χ3v) is 4.25. The summed E-state index contributed by atoms with van der Waals surface area (Å²) in [4.78, 5) is 4.69. The third-order valence-electron chi connectivity index (χ3n) is 3.56. The van der Waals surface area contributed by atoms with E-state index in [-0.39, 0.29) is 5.38 Å². The summed E-state index contributed by atoms with van der Waals surface area (Å²) in [5, 5.41) is -0.123. The molecule has 0 radical (unpaired) electrons. The molecule has 1 unspecified atom stereocenters. The van der Waals surface area contributed by atoms with Crippen LogP contribution in [0.3, 0.4) is 0 Å². The molecular weight excluding hydrogens is 348 g/mol. The number of rotatable bonds is 3. The van der Waals surface area contributed by atoms with E-state index in [1.807, 2.05) is 19.1 Å². The minimum absolute atomic E-state index is 0.123. The first-order valence-electron chi connectivity index (χ1n) is 6.90. The van der Waals surface area contributed by atoms with Crippen molar-refractivity contribution >= 4 is 38.6 Å². The van der Waals surface area contributed by atoms with E-state index in [1.54, 1.807) is 0 Å². The van der Waals surface area contributed by atoms with E-state index in [1.165, 1.54) is 11.1 Å². The van der Waals surface area contributed by atoms with E-state index < -0.39 is 0 Å². The first-order chi connectivity index (χ1) is 10.0. The van der Waals surface area contributed by atoms with Gasteiger partial charge in [0, 0.05) is 11.0 Å². The molecule has 3 rings (SSSR count). The van der Waals surface area contributed by atoms with Crippen LogP contribution in [0, 0.1) is 6.92 Å². The normalized spacial score (nSPS) is 12.8. The van der Waals surface area contributed by atoms with Gasteiger partial charge in [0.05, 0.1) is 16.4 Å². The zero-order chi connectivity index (χ0) is 15.0. The number of benzene rings is 2. The van der Waals surface area contributed by atoms with Crippen LogP contribution in [0.5, 0.6) is 0 Å². The molecule has 0 amide bonds. The highest BCUT2D eigenvalue weighted by atomic mass is 79.9.